The van der Waals surface area contributed by atoms with Gasteiger partial charge in [-0.05, 0) is 12.5 Å². The quantitative estimate of drug-likeness (QED) is 0.844. The lowest BCUT2D eigenvalue weighted by atomic mass is 10.1. The van der Waals surface area contributed by atoms with Crippen LogP contribution in [0.1, 0.15) is 24.2 Å². The molecular formula is C12H13F5O3S. The highest BCUT2D eigenvalue weighted by Crippen LogP contribution is 2.31. The van der Waals surface area contributed by atoms with Gasteiger partial charge in [0.05, 0.1) is 11.0 Å². The van der Waals surface area contributed by atoms with Crippen LogP contribution in [0.25, 0.3) is 0 Å². The molecule has 0 aliphatic carbocycles. The average molecular weight is 332 g/mol. The van der Waals surface area contributed by atoms with Gasteiger partial charge in [0.2, 0.25) is 0 Å². The van der Waals surface area contributed by atoms with E-state index in [0.29, 0.717) is 6.07 Å². The molecule has 0 radical (unpaired) electrons. The Hall–Kier alpha value is -1.22. The zero-order valence-corrected chi connectivity index (χ0v) is 11.7. The van der Waals surface area contributed by atoms with Crippen molar-refractivity contribution in [1.82, 2.24) is 0 Å². The molecule has 3 nitrogen and oxygen atoms in total. The van der Waals surface area contributed by atoms with Gasteiger partial charge in [-0.15, -0.1) is 0 Å². The highest BCUT2D eigenvalue weighted by molar-refractivity contribution is 7.91. The normalized spacial score (nSPS) is 15.8. The van der Waals surface area contributed by atoms with Crippen molar-refractivity contribution in [1.29, 1.82) is 0 Å². The highest BCUT2D eigenvalue weighted by Gasteiger charge is 2.43. The third kappa shape index (κ3) is 4.37. The van der Waals surface area contributed by atoms with Crippen molar-refractivity contribution in [2.45, 2.75) is 30.9 Å². The highest BCUT2D eigenvalue weighted by atomic mass is 32.2. The summed E-state index contributed by atoms with van der Waals surface area (Å²) in [4.78, 5) is 0. The number of hydrogen-bond donors (Lipinski definition) is 1. The second kappa shape index (κ2) is 6.27. The van der Waals surface area contributed by atoms with E-state index in [4.69, 9.17) is 5.11 Å². The van der Waals surface area contributed by atoms with Crippen LogP contribution in [-0.4, -0.2) is 31.6 Å². The summed E-state index contributed by atoms with van der Waals surface area (Å²) in [5.74, 6) is -3.67. The monoisotopic (exact) mass is 332 g/mol. The van der Waals surface area contributed by atoms with Crippen LogP contribution in [0.3, 0.4) is 0 Å². The van der Waals surface area contributed by atoms with Crippen LogP contribution >= 0.6 is 0 Å². The van der Waals surface area contributed by atoms with Crippen LogP contribution in [-0.2, 0) is 9.84 Å². The predicted molar refractivity (Wildman–Crippen MR) is 65.2 cm³/mol. The van der Waals surface area contributed by atoms with Gasteiger partial charge in [-0.1, -0.05) is 13.0 Å². The SMILES string of the molecule is CC[C@@H](c1ccc(F)cc1F)S(=O)(=O)C[C@@H](O)C(F)(F)F. The Balaban J connectivity index is 3.14. The Morgan fingerprint density at radius 3 is 2.24 bits per heavy atom. The van der Waals surface area contributed by atoms with Gasteiger partial charge in [-0.2, -0.15) is 13.2 Å². The topological polar surface area (TPSA) is 54.4 Å². The molecule has 21 heavy (non-hydrogen) atoms. The number of aliphatic hydroxyl groups excluding tert-OH is 1. The molecule has 0 spiro atoms. The van der Waals surface area contributed by atoms with E-state index in [0.717, 1.165) is 12.1 Å². The lowest BCUT2D eigenvalue weighted by Crippen LogP contribution is -2.37. The number of benzene rings is 1. The second-order valence-electron chi connectivity index (χ2n) is 4.45. The van der Waals surface area contributed by atoms with Crippen molar-refractivity contribution < 1.29 is 35.5 Å². The third-order valence-electron chi connectivity index (χ3n) is 2.88. The van der Waals surface area contributed by atoms with E-state index in [2.05, 4.69) is 0 Å². The van der Waals surface area contributed by atoms with E-state index in [-0.39, 0.29) is 6.42 Å². The maximum Gasteiger partial charge on any atom is 0.415 e. The van der Waals surface area contributed by atoms with Gasteiger partial charge in [0, 0.05) is 11.6 Å². The van der Waals surface area contributed by atoms with Crippen LogP contribution in [0, 0.1) is 11.6 Å². The van der Waals surface area contributed by atoms with Crippen molar-refractivity contribution in [3.8, 4) is 0 Å². The van der Waals surface area contributed by atoms with Gasteiger partial charge in [0.15, 0.2) is 15.9 Å². The van der Waals surface area contributed by atoms with Crippen molar-refractivity contribution in [2.24, 2.45) is 0 Å². The van der Waals surface area contributed by atoms with Crippen LogP contribution in [0.2, 0.25) is 0 Å². The molecule has 0 heterocycles. The molecule has 1 rings (SSSR count). The van der Waals surface area contributed by atoms with Gasteiger partial charge in [0.1, 0.15) is 11.6 Å². The summed E-state index contributed by atoms with van der Waals surface area (Å²) in [5.41, 5.74) is -0.423. The Bertz CT molecular complexity index is 597. The standard InChI is InChI=1S/C12H13F5O3S/c1-2-10(8-4-3-7(13)5-9(8)14)21(19,20)6-11(18)12(15,16)17/h3-5,10-11,18H,2,6H2,1H3/t10-,11+/m0/s1. The number of halogens is 5. The molecule has 1 N–H and O–H groups in total. The number of sulfone groups is 1. The zero-order valence-electron chi connectivity index (χ0n) is 10.9. The van der Waals surface area contributed by atoms with Crippen LogP contribution < -0.4 is 0 Å². The van der Waals surface area contributed by atoms with E-state index in [1.54, 1.807) is 0 Å². The van der Waals surface area contributed by atoms with Gasteiger partial charge in [0.25, 0.3) is 0 Å². The van der Waals surface area contributed by atoms with Crippen LogP contribution in [0.4, 0.5) is 22.0 Å². The molecule has 0 aromatic heterocycles. The summed E-state index contributed by atoms with van der Waals surface area (Å²) < 4.78 is 87.0. The first kappa shape index (κ1) is 17.8. The summed E-state index contributed by atoms with van der Waals surface area (Å²) in [6.07, 6.45) is -8.36. The molecule has 0 fully saturated rings. The molecular weight excluding hydrogens is 319 g/mol. The van der Waals surface area contributed by atoms with Gasteiger partial charge >= 0.3 is 6.18 Å². The molecule has 2 atom stereocenters. The van der Waals surface area contributed by atoms with Gasteiger partial charge < -0.3 is 5.11 Å². The van der Waals surface area contributed by atoms with Crippen molar-refractivity contribution >= 4 is 9.84 Å². The lowest BCUT2D eigenvalue weighted by molar-refractivity contribution is -0.196. The summed E-state index contributed by atoms with van der Waals surface area (Å²) in [6.45, 7) is 1.34. The zero-order chi connectivity index (χ0) is 16.4. The Kier molecular flexibility index (Phi) is 5.32. The molecule has 0 amide bonds. The second-order valence-corrected chi connectivity index (χ2v) is 6.68. The summed E-state index contributed by atoms with van der Waals surface area (Å²) >= 11 is 0. The van der Waals surface area contributed by atoms with E-state index in [9.17, 15) is 30.4 Å². The maximum atomic E-state index is 13.6. The van der Waals surface area contributed by atoms with Crippen molar-refractivity contribution in [3.63, 3.8) is 0 Å². The molecule has 0 aliphatic heterocycles. The molecule has 0 saturated heterocycles. The van der Waals surface area contributed by atoms with Gasteiger partial charge in [-0.3, -0.25) is 0 Å². The summed E-state index contributed by atoms with van der Waals surface area (Å²) in [5, 5.41) is 7.28. The first-order valence-electron chi connectivity index (χ1n) is 5.90. The fourth-order valence-corrected chi connectivity index (χ4v) is 3.81. The number of rotatable bonds is 5. The number of hydrogen-bond acceptors (Lipinski definition) is 3. The first-order chi connectivity index (χ1) is 9.49. The first-order valence-corrected chi connectivity index (χ1v) is 7.62. The number of aliphatic hydroxyl groups is 1. The Labute approximate surface area is 118 Å². The molecule has 0 unspecified atom stereocenters. The minimum Gasteiger partial charge on any atom is -0.383 e. The molecule has 0 saturated carbocycles. The molecule has 1 aromatic rings. The average Bonchev–Trinajstić information content (AvgIpc) is 2.30. The molecule has 0 bridgehead atoms. The molecule has 1 aromatic carbocycles. The fraction of sp³-hybridized carbons (Fsp3) is 0.500. The lowest BCUT2D eigenvalue weighted by Gasteiger charge is -2.20. The fourth-order valence-electron chi connectivity index (χ4n) is 1.86. The molecule has 9 heteroatoms. The van der Waals surface area contributed by atoms with Crippen LogP contribution in [0.5, 0.6) is 0 Å². The summed E-state index contributed by atoms with van der Waals surface area (Å²) in [7, 11) is -4.48. The predicted octanol–water partition coefficient (Wildman–Crippen LogP) is 2.75. The minimum atomic E-state index is -5.09. The van der Waals surface area contributed by atoms with Crippen LogP contribution in [0.15, 0.2) is 18.2 Å². The van der Waals surface area contributed by atoms with Crippen molar-refractivity contribution in [2.75, 3.05) is 5.75 Å². The molecule has 120 valence electrons. The number of alkyl halides is 3. The Morgan fingerprint density at radius 2 is 1.81 bits per heavy atom. The smallest absolute Gasteiger partial charge is 0.383 e. The third-order valence-corrected chi connectivity index (χ3v) is 5.12. The van der Waals surface area contributed by atoms with Gasteiger partial charge in [-0.25, -0.2) is 17.2 Å². The van der Waals surface area contributed by atoms with E-state index in [1.807, 2.05) is 0 Å². The summed E-state index contributed by atoms with van der Waals surface area (Å²) in [6, 6.07) is 2.14. The van der Waals surface area contributed by atoms with Crippen molar-refractivity contribution in [3.05, 3.63) is 35.4 Å². The Morgan fingerprint density at radius 1 is 1.24 bits per heavy atom. The van der Waals surface area contributed by atoms with E-state index >= 15 is 0 Å². The van der Waals surface area contributed by atoms with E-state index in [1.165, 1.54) is 6.92 Å². The minimum absolute atomic E-state index is 0.213. The largest absolute Gasteiger partial charge is 0.415 e. The van der Waals surface area contributed by atoms with E-state index < -0.39 is 50.3 Å². The maximum absolute atomic E-state index is 13.6. The molecule has 0 aliphatic rings.